The van der Waals surface area contributed by atoms with Gasteiger partial charge in [-0.3, -0.25) is 10.4 Å². The number of aliphatic hydroxyl groups excluding tert-OH is 1. The van der Waals surface area contributed by atoms with Crippen LogP contribution in [0.3, 0.4) is 0 Å². The number of hydrogen-bond acceptors (Lipinski definition) is 7. The van der Waals surface area contributed by atoms with Gasteiger partial charge in [-0.25, -0.2) is 4.98 Å². The molecule has 0 radical (unpaired) electrons. The van der Waals surface area contributed by atoms with Crippen LogP contribution in [0.1, 0.15) is 16.7 Å². The second-order valence-electron chi connectivity index (χ2n) is 6.53. The van der Waals surface area contributed by atoms with E-state index in [9.17, 15) is 5.11 Å². The number of hydrogen-bond donors (Lipinski definition) is 2. The van der Waals surface area contributed by atoms with Crippen LogP contribution in [0.15, 0.2) is 53.9 Å². The van der Waals surface area contributed by atoms with Gasteiger partial charge in [-0.05, 0) is 42.7 Å². The summed E-state index contributed by atoms with van der Waals surface area (Å²) in [5.74, 6) is 1.08. The molecule has 0 spiro atoms. The number of aromatic nitrogens is 3. The summed E-state index contributed by atoms with van der Waals surface area (Å²) in [4.78, 5) is 14.9. The van der Waals surface area contributed by atoms with E-state index < -0.39 is 0 Å². The van der Waals surface area contributed by atoms with Gasteiger partial charge in [0, 0.05) is 37.6 Å². The Morgan fingerprint density at radius 2 is 1.86 bits per heavy atom. The molecule has 0 amide bonds. The van der Waals surface area contributed by atoms with Gasteiger partial charge >= 0.3 is 0 Å². The Hall–Kier alpha value is -3.32. The minimum Gasteiger partial charge on any atom is -0.395 e. The third kappa shape index (κ3) is 4.89. The fraction of sp³-hybridized carbons (Fsp3) is 0.238. The normalized spacial score (nSPS) is 11.0. The highest BCUT2D eigenvalue weighted by Crippen LogP contribution is 2.22. The van der Waals surface area contributed by atoms with Gasteiger partial charge in [-0.1, -0.05) is 18.2 Å². The first-order valence-corrected chi connectivity index (χ1v) is 9.04. The van der Waals surface area contributed by atoms with Crippen LogP contribution in [0, 0.1) is 13.8 Å². The van der Waals surface area contributed by atoms with E-state index in [1.165, 1.54) is 11.1 Å². The minimum atomic E-state index is 0.0209. The van der Waals surface area contributed by atoms with Crippen molar-refractivity contribution < 1.29 is 5.11 Å². The summed E-state index contributed by atoms with van der Waals surface area (Å²) in [5, 5.41) is 13.5. The Balaban J connectivity index is 1.87. The lowest BCUT2D eigenvalue weighted by Gasteiger charge is -2.17. The van der Waals surface area contributed by atoms with Gasteiger partial charge in [0.2, 0.25) is 5.95 Å². The number of nitrogens with zero attached hydrogens (tertiary/aromatic N) is 5. The average Bonchev–Trinajstić information content (AvgIpc) is 2.71. The molecule has 0 aliphatic heterocycles. The number of pyridine rings is 1. The van der Waals surface area contributed by atoms with Crippen LogP contribution in [0.2, 0.25) is 0 Å². The van der Waals surface area contributed by atoms with E-state index in [1.807, 2.05) is 31.3 Å². The summed E-state index contributed by atoms with van der Waals surface area (Å²) in [6.45, 7) is 4.62. The first-order valence-electron chi connectivity index (χ1n) is 9.04. The zero-order chi connectivity index (χ0) is 19.9. The molecule has 3 aromatic rings. The Kier molecular flexibility index (Phi) is 6.29. The maximum Gasteiger partial charge on any atom is 0.227 e. The molecule has 1 aromatic carbocycles. The van der Waals surface area contributed by atoms with Crippen LogP contribution < -0.4 is 10.3 Å². The van der Waals surface area contributed by atoms with Gasteiger partial charge in [0.05, 0.1) is 18.5 Å². The van der Waals surface area contributed by atoms with Crippen molar-refractivity contribution in [2.75, 3.05) is 30.5 Å². The molecule has 0 saturated heterocycles. The number of benzene rings is 1. The molecule has 2 N–H and O–H groups in total. The van der Waals surface area contributed by atoms with Gasteiger partial charge in [0.25, 0.3) is 0 Å². The molecule has 0 aliphatic rings. The lowest BCUT2D eigenvalue weighted by atomic mass is 10.1. The number of nitrogens with one attached hydrogen (secondary N) is 1. The number of rotatable bonds is 7. The van der Waals surface area contributed by atoms with Gasteiger partial charge in [-0.15, -0.1) is 0 Å². The fourth-order valence-corrected chi connectivity index (χ4v) is 2.60. The van der Waals surface area contributed by atoms with Crippen molar-refractivity contribution >= 4 is 18.0 Å². The standard InChI is InChI=1S/C21H24N6O/c1-15-4-5-17(12-16(15)2)14-23-26-20-13-19(18-6-8-22-9-7-18)24-21(25-20)27(3)10-11-28/h4-9,12-14,28H,10-11H2,1-3H3,(H,24,25,26)/b23-14+. The number of hydrazone groups is 1. The summed E-state index contributed by atoms with van der Waals surface area (Å²) >= 11 is 0. The number of aryl methyl sites for hydroxylation is 2. The van der Waals surface area contributed by atoms with E-state index in [0.29, 0.717) is 18.3 Å². The highest BCUT2D eigenvalue weighted by Gasteiger charge is 2.10. The van der Waals surface area contributed by atoms with Crippen molar-refractivity contribution in [3.05, 3.63) is 65.5 Å². The predicted octanol–water partition coefficient (Wildman–Crippen LogP) is 3.03. The summed E-state index contributed by atoms with van der Waals surface area (Å²) in [6.07, 6.45) is 5.21. The van der Waals surface area contributed by atoms with Crippen molar-refractivity contribution in [3.63, 3.8) is 0 Å². The molecule has 7 heteroatoms. The van der Waals surface area contributed by atoms with E-state index >= 15 is 0 Å². The molecular weight excluding hydrogens is 352 g/mol. The molecule has 3 rings (SSSR count). The lowest BCUT2D eigenvalue weighted by molar-refractivity contribution is 0.303. The monoisotopic (exact) mass is 376 g/mol. The van der Waals surface area contributed by atoms with Gasteiger partial charge in [-0.2, -0.15) is 10.1 Å². The molecule has 2 heterocycles. The first kappa shape index (κ1) is 19.4. The molecule has 0 bridgehead atoms. The van der Waals surface area contributed by atoms with Crippen molar-refractivity contribution in [2.45, 2.75) is 13.8 Å². The third-order valence-electron chi connectivity index (χ3n) is 4.39. The topological polar surface area (TPSA) is 86.5 Å². The van der Waals surface area contributed by atoms with Crippen molar-refractivity contribution in [1.82, 2.24) is 15.0 Å². The number of likely N-dealkylation sites (N-methyl/N-ethyl adjacent to an activating group) is 1. The lowest BCUT2D eigenvalue weighted by Crippen LogP contribution is -2.23. The van der Waals surface area contributed by atoms with E-state index in [2.05, 4.69) is 51.5 Å². The van der Waals surface area contributed by atoms with Crippen LogP contribution in [0.5, 0.6) is 0 Å². The maximum absolute atomic E-state index is 9.22. The molecule has 144 valence electrons. The zero-order valence-corrected chi connectivity index (χ0v) is 16.3. The Morgan fingerprint density at radius 1 is 1.07 bits per heavy atom. The third-order valence-corrected chi connectivity index (χ3v) is 4.39. The molecule has 0 atom stereocenters. The molecule has 2 aromatic heterocycles. The van der Waals surface area contributed by atoms with E-state index in [-0.39, 0.29) is 6.61 Å². The van der Waals surface area contributed by atoms with Gasteiger partial charge < -0.3 is 10.0 Å². The van der Waals surface area contributed by atoms with Crippen molar-refractivity contribution in [1.29, 1.82) is 0 Å². The van der Waals surface area contributed by atoms with Crippen LogP contribution in [0.4, 0.5) is 11.8 Å². The Labute approximate surface area is 164 Å². The van der Waals surface area contributed by atoms with Gasteiger partial charge in [0.1, 0.15) is 0 Å². The smallest absolute Gasteiger partial charge is 0.227 e. The van der Waals surface area contributed by atoms with Crippen LogP contribution in [-0.4, -0.2) is 46.5 Å². The molecule has 7 nitrogen and oxygen atoms in total. The predicted molar refractivity (Wildman–Crippen MR) is 113 cm³/mol. The molecule has 0 unspecified atom stereocenters. The molecular formula is C21H24N6O. The molecule has 0 saturated carbocycles. The Morgan fingerprint density at radius 3 is 2.57 bits per heavy atom. The van der Waals surface area contributed by atoms with Crippen molar-refractivity contribution in [2.24, 2.45) is 5.10 Å². The molecule has 0 fully saturated rings. The van der Waals surface area contributed by atoms with E-state index in [4.69, 9.17) is 0 Å². The average molecular weight is 376 g/mol. The number of aliphatic hydroxyl groups is 1. The zero-order valence-electron chi connectivity index (χ0n) is 16.3. The van der Waals surface area contributed by atoms with E-state index in [0.717, 1.165) is 16.8 Å². The minimum absolute atomic E-state index is 0.0209. The first-order chi connectivity index (χ1) is 13.6. The van der Waals surface area contributed by atoms with E-state index in [1.54, 1.807) is 23.5 Å². The summed E-state index contributed by atoms with van der Waals surface area (Å²) in [7, 11) is 1.84. The maximum atomic E-state index is 9.22. The summed E-state index contributed by atoms with van der Waals surface area (Å²) in [5.41, 5.74) is 8.15. The van der Waals surface area contributed by atoms with Crippen molar-refractivity contribution in [3.8, 4) is 11.3 Å². The second kappa shape index (κ2) is 9.05. The van der Waals surface area contributed by atoms with Crippen LogP contribution >= 0.6 is 0 Å². The SMILES string of the molecule is Cc1ccc(/C=N/Nc2cc(-c3ccncc3)nc(N(C)CCO)n2)cc1C. The summed E-state index contributed by atoms with van der Waals surface area (Å²) in [6, 6.07) is 11.8. The van der Waals surface area contributed by atoms with Crippen LogP contribution in [0.25, 0.3) is 11.3 Å². The Bertz CT molecular complexity index is 958. The summed E-state index contributed by atoms with van der Waals surface area (Å²) < 4.78 is 0. The molecule has 28 heavy (non-hydrogen) atoms. The fourth-order valence-electron chi connectivity index (χ4n) is 2.60. The highest BCUT2D eigenvalue weighted by molar-refractivity contribution is 5.80. The van der Waals surface area contributed by atoms with Gasteiger partial charge in [0.15, 0.2) is 5.82 Å². The number of anilines is 2. The quantitative estimate of drug-likeness (QED) is 0.487. The molecule has 0 aliphatic carbocycles. The highest BCUT2D eigenvalue weighted by atomic mass is 16.3. The second-order valence-corrected chi connectivity index (χ2v) is 6.53. The largest absolute Gasteiger partial charge is 0.395 e. The van der Waals surface area contributed by atoms with Crippen LogP contribution in [-0.2, 0) is 0 Å².